The van der Waals surface area contributed by atoms with Crippen molar-refractivity contribution in [3.05, 3.63) is 300 Å². The third-order valence-electron chi connectivity index (χ3n) is 16.6. The van der Waals surface area contributed by atoms with Gasteiger partial charge in [0.15, 0.2) is 0 Å². The predicted molar refractivity (Wildman–Crippen MR) is 323 cm³/mol. The molecule has 76 heavy (non-hydrogen) atoms. The fourth-order valence-corrected chi connectivity index (χ4v) is 13.8. The standard InChI is InChI=1S/C74H50.C2H6/c1-2-22-61-68-63(73-66(49-29-13-6-14-30-49)58-35-19-20-36-59(58)70(74(61)73)56-34-18-16-32-52(56)47-25-9-4-10-26-47)44-42-55-57-37-21-38-62-69-53(48-27-11-5-12-28-48)41-43-60(54-33-17-15-31-51(54)46-23-7-3-8-24-46)71(69)64-40-39-50(45-65(55)68)67(57)72(62)64;1-2/h2-20,22-36,38-44,57H,1,21,37,45H2;1-2H3/b61-22+;. The molecule has 0 spiro atoms. The Morgan fingerprint density at radius 3 is 1.51 bits per heavy atom. The molecule has 0 aliphatic heterocycles. The third kappa shape index (κ3) is 6.91. The summed E-state index contributed by atoms with van der Waals surface area (Å²) >= 11 is 0. The first kappa shape index (κ1) is 45.5. The minimum Gasteiger partial charge on any atom is -0.0990 e. The van der Waals surface area contributed by atoms with E-state index in [0.717, 1.165) is 19.3 Å². The molecule has 1 unspecified atom stereocenters. The van der Waals surface area contributed by atoms with Crippen molar-refractivity contribution in [1.82, 2.24) is 0 Å². The van der Waals surface area contributed by atoms with Crippen molar-refractivity contribution in [2.24, 2.45) is 0 Å². The molecule has 360 valence electrons. The molecule has 0 saturated heterocycles. The van der Waals surface area contributed by atoms with Gasteiger partial charge in [0, 0.05) is 5.92 Å². The summed E-state index contributed by atoms with van der Waals surface area (Å²) in [5, 5.41) is 2.52. The molecule has 1 atom stereocenters. The number of fused-ring (bicyclic) bond motifs is 10. The average Bonchev–Trinajstić information content (AvgIpc) is 3.94. The van der Waals surface area contributed by atoms with Crippen LogP contribution in [-0.2, 0) is 6.42 Å². The lowest BCUT2D eigenvalue weighted by Gasteiger charge is -2.32. The second-order valence-electron chi connectivity index (χ2n) is 20.4. The van der Waals surface area contributed by atoms with Crippen LogP contribution in [0.2, 0.25) is 0 Å². The SMILES string of the molecule is C=C/C=C1\c2c(ccc3c2Cc2ccc4c5c2C3CCC=C5c2c(-c3ccccc3)ccc(-c3ccccc3-c3ccccc3)c2-4)-c2c1c(-c1ccccc1-c1ccccc1)c1ccccc1c2-c1ccccc1.CC. The molecule has 4 aliphatic carbocycles. The summed E-state index contributed by atoms with van der Waals surface area (Å²) in [6.07, 6.45) is 9.84. The van der Waals surface area contributed by atoms with E-state index in [-0.39, 0.29) is 5.92 Å². The quantitative estimate of drug-likeness (QED) is 0.149. The van der Waals surface area contributed by atoms with E-state index in [2.05, 4.69) is 249 Å². The van der Waals surface area contributed by atoms with E-state index in [1.165, 1.54) is 155 Å². The topological polar surface area (TPSA) is 0 Å². The first-order valence-corrected chi connectivity index (χ1v) is 27.3. The highest BCUT2D eigenvalue weighted by molar-refractivity contribution is 6.23. The first-order valence-electron chi connectivity index (χ1n) is 27.3. The number of rotatable bonds is 7. The summed E-state index contributed by atoms with van der Waals surface area (Å²) in [6.45, 7) is 8.43. The van der Waals surface area contributed by atoms with Crippen molar-refractivity contribution < 1.29 is 0 Å². The minimum atomic E-state index is 0.233. The van der Waals surface area contributed by atoms with Gasteiger partial charge in [-0.3, -0.25) is 0 Å². The van der Waals surface area contributed by atoms with Gasteiger partial charge in [0.2, 0.25) is 0 Å². The molecule has 0 N–H and O–H groups in total. The van der Waals surface area contributed by atoms with Crippen LogP contribution in [0, 0.1) is 0 Å². The molecule has 15 rings (SSSR count). The second kappa shape index (κ2) is 18.7. The van der Waals surface area contributed by atoms with E-state index in [0.29, 0.717) is 0 Å². The maximum absolute atomic E-state index is 4.43. The molecular formula is C76H56. The molecule has 11 aromatic rings. The highest BCUT2D eigenvalue weighted by atomic mass is 14.4. The van der Waals surface area contributed by atoms with Crippen molar-refractivity contribution in [2.45, 2.75) is 39.0 Å². The molecule has 0 heterocycles. The monoisotopic (exact) mass is 968 g/mol. The van der Waals surface area contributed by atoms with Gasteiger partial charge in [-0.15, -0.1) is 0 Å². The van der Waals surface area contributed by atoms with E-state index in [1.807, 2.05) is 19.9 Å². The van der Waals surface area contributed by atoms with E-state index in [9.17, 15) is 0 Å². The molecule has 0 bridgehead atoms. The van der Waals surface area contributed by atoms with Gasteiger partial charge in [-0.05, 0) is 175 Å². The van der Waals surface area contributed by atoms with Crippen LogP contribution >= 0.6 is 0 Å². The summed E-state index contributed by atoms with van der Waals surface area (Å²) in [7, 11) is 0. The maximum Gasteiger partial charge on any atom is 0.0105 e. The first-order chi connectivity index (χ1) is 37.7. The molecular weight excluding hydrogens is 913 g/mol. The minimum absolute atomic E-state index is 0.233. The molecule has 11 aromatic carbocycles. The highest BCUT2D eigenvalue weighted by Gasteiger charge is 2.42. The van der Waals surface area contributed by atoms with Crippen molar-refractivity contribution in [2.75, 3.05) is 0 Å². The molecule has 0 radical (unpaired) electrons. The smallest absolute Gasteiger partial charge is 0.0105 e. The maximum atomic E-state index is 4.43. The Morgan fingerprint density at radius 1 is 0.368 bits per heavy atom. The van der Waals surface area contributed by atoms with Crippen LogP contribution in [0.5, 0.6) is 0 Å². The lowest BCUT2D eigenvalue weighted by atomic mass is 9.72. The normalized spacial score (nSPS) is 14.6. The molecule has 0 amide bonds. The van der Waals surface area contributed by atoms with Crippen LogP contribution in [-0.4, -0.2) is 0 Å². The number of hydrogen-bond donors (Lipinski definition) is 0. The van der Waals surface area contributed by atoms with Gasteiger partial charge < -0.3 is 0 Å². The zero-order valence-electron chi connectivity index (χ0n) is 43.1. The summed E-state index contributed by atoms with van der Waals surface area (Å²) in [4.78, 5) is 0. The van der Waals surface area contributed by atoms with Gasteiger partial charge in [-0.1, -0.05) is 269 Å². The Hall–Kier alpha value is -9.10. The number of hydrogen-bond acceptors (Lipinski definition) is 0. The summed E-state index contributed by atoms with van der Waals surface area (Å²) < 4.78 is 0. The molecule has 0 nitrogen and oxygen atoms in total. The van der Waals surface area contributed by atoms with E-state index in [1.54, 1.807) is 0 Å². The Morgan fingerprint density at radius 2 is 0.868 bits per heavy atom. The summed E-state index contributed by atoms with van der Waals surface area (Å²) in [5.41, 5.74) is 34.5. The van der Waals surface area contributed by atoms with Crippen molar-refractivity contribution >= 4 is 21.9 Å². The zero-order valence-corrected chi connectivity index (χ0v) is 43.1. The van der Waals surface area contributed by atoms with Gasteiger partial charge in [-0.2, -0.15) is 0 Å². The van der Waals surface area contributed by atoms with Crippen LogP contribution in [0.4, 0.5) is 0 Å². The fraction of sp³-hybridized carbons (Fsp3) is 0.0789. The van der Waals surface area contributed by atoms with Crippen molar-refractivity contribution in [1.29, 1.82) is 0 Å². The summed E-state index contributed by atoms with van der Waals surface area (Å²) in [5.74, 6) is 0.233. The second-order valence-corrected chi connectivity index (χ2v) is 20.4. The van der Waals surface area contributed by atoms with Crippen LogP contribution in [0.15, 0.2) is 255 Å². The van der Waals surface area contributed by atoms with Crippen molar-refractivity contribution in [3.63, 3.8) is 0 Å². The van der Waals surface area contributed by atoms with E-state index < -0.39 is 0 Å². The lowest BCUT2D eigenvalue weighted by Crippen LogP contribution is -2.17. The number of benzene rings is 11. The van der Waals surface area contributed by atoms with Crippen LogP contribution in [0.3, 0.4) is 0 Å². The molecule has 0 heteroatoms. The number of allylic oxidation sites excluding steroid dienone is 3. The Kier molecular flexibility index (Phi) is 11.2. The molecule has 0 aromatic heterocycles. The molecule has 4 aliphatic rings. The summed E-state index contributed by atoms with van der Waals surface area (Å²) in [6, 6.07) is 86.0. The zero-order chi connectivity index (χ0) is 50.9. The van der Waals surface area contributed by atoms with Crippen LogP contribution in [0.25, 0.3) is 111 Å². The Labute approximate surface area is 447 Å². The van der Waals surface area contributed by atoms with Crippen molar-refractivity contribution in [3.8, 4) is 89.0 Å². The Bertz CT molecular complexity index is 4190. The van der Waals surface area contributed by atoms with Gasteiger partial charge in [0.1, 0.15) is 0 Å². The van der Waals surface area contributed by atoms with Gasteiger partial charge in [0.05, 0.1) is 0 Å². The Balaban J connectivity index is 0.00000261. The third-order valence-corrected chi connectivity index (χ3v) is 16.6. The average molecular weight is 969 g/mol. The highest BCUT2D eigenvalue weighted by Crippen LogP contribution is 2.62. The van der Waals surface area contributed by atoms with Crippen LogP contribution < -0.4 is 0 Å². The van der Waals surface area contributed by atoms with E-state index in [4.69, 9.17) is 0 Å². The predicted octanol–water partition coefficient (Wildman–Crippen LogP) is 20.7. The van der Waals surface area contributed by atoms with Gasteiger partial charge in [0.25, 0.3) is 0 Å². The largest absolute Gasteiger partial charge is 0.0990 e. The van der Waals surface area contributed by atoms with Gasteiger partial charge in [-0.25, -0.2) is 0 Å². The molecule has 0 saturated carbocycles. The lowest BCUT2D eigenvalue weighted by molar-refractivity contribution is 0.704. The van der Waals surface area contributed by atoms with Gasteiger partial charge >= 0.3 is 0 Å². The van der Waals surface area contributed by atoms with Crippen LogP contribution in [0.1, 0.15) is 77.1 Å². The van der Waals surface area contributed by atoms with E-state index >= 15 is 0 Å². The fourth-order valence-electron chi connectivity index (χ4n) is 13.8. The molecule has 0 fully saturated rings.